The van der Waals surface area contributed by atoms with Crippen molar-refractivity contribution < 1.29 is 19.1 Å². The van der Waals surface area contributed by atoms with Crippen LogP contribution in [0.4, 0.5) is 4.79 Å². The van der Waals surface area contributed by atoms with E-state index >= 15 is 0 Å². The lowest BCUT2D eigenvalue weighted by Crippen LogP contribution is -2.50. The molecule has 1 aliphatic heterocycles. The van der Waals surface area contributed by atoms with E-state index in [4.69, 9.17) is 4.74 Å². The van der Waals surface area contributed by atoms with Crippen LogP contribution >= 0.6 is 0 Å². The fourth-order valence-electron chi connectivity index (χ4n) is 3.37. The monoisotopic (exact) mass is 394 g/mol. The number of ether oxygens (including phenoxy) is 1. The van der Waals surface area contributed by atoms with Gasteiger partial charge in [-0.1, -0.05) is 60.7 Å². The number of piperidine rings is 1. The van der Waals surface area contributed by atoms with Crippen molar-refractivity contribution >= 4 is 17.8 Å². The molecule has 0 radical (unpaired) electrons. The normalized spacial score (nSPS) is 14.7. The van der Waals surface area contributed by atoms with Crippen LogP contribution in [0.2, 0.25) is 0 Å². The summed E-state index contributed by atoms with van der Waals surface area (Å²) in [5.74, 6) is -0.421. The molecule has 0 spiro atoms. The summed E-state index contributed by atoms with van der Waals surface area (Å²) in [4.78, 5) is 39.7. The maximum atomic E-state index is 13.0. The molecule has 2 aromatic carbocycles. The van der Waals surface area contributed by atoms with Crippen LogP contribution in [0.15, 0.2) is 60.7 Å². The Hall–Kier alpha value is -3.15. The topological polar surface area (TPSA) is 75.7 Å². The summed E-state index contributed by atoms with van der Waals surface area (Å²) in [5, 5.41) is 2.61. The maximum Gasteiger partial charge on any atom is 0.408 e. The van der Waals surface area contributed by atoms with E-state index in [2.05, 4.69) is 5.32 Å². The molecular weight excluding hydrogens is 368 g/mol. The second-order valence-electron chi connectivity index (χ2n) is 7.14. The lowest BCUT2D eigenvalue weighted by Gasteiger charge is -2.30. The summed E-state index contributed by atoms with van der Waals surface area (Å²) in [6, 6.07) is 17.1. The zero-order valence-electron chi connectivity index (χ0n) is 16.4. The van der Waals surface area contributed by atoms with Gasteiger partial charge in [0, 0.05) is 25.1 Å². The summed E-state index contributed by atoms with van der Waals surface area (Å²) in [6.07, 6.45) is 2.15. The number of nitrogens with zero attached hydrogens (tertiary/aromatic N) is 1. The molecule has 1 heterocycles. The molecule has 3 rings (SSSR count). The molecule has 0 saturated carbocycles. The Morgan fingerprint density at radius 3 is 2.17 bits per heavy atom. The highest BCUT2D eigenvalue weighted by molar-refractivity contribution is 6.00. The average molecular weight is 394 g/mol. The Labute approximate surface area is 170 Å². The van der Waals surface area contributed by atoms with E-state index in [9.17, 15) is 14.4 Å². The Balaban J connectivity index is 1.65. The first-order valence-corrected chi connectivity index (χ1v) is 9.98. The van der Waals surface area contributed by atoms with Crippen molar-refractivity contribution in [2.75, 3.05) is 13.1 Å². The van der Waals surface area contributed by atoms with Crippen molar-refractivity contribution in [2.45, 2.75) is 38.3 Å². The molecular formula is C23H26N2O4. The minimum absolute atomic E-state index is 0.0974. The Kier molecular flexibility index (Phi) is 7.39. The third kappa shape index (κ3) is 6.17. The predicted octanol–water partition coefficient (Wildman–Crippen LogP) is 3.57. The summed E-state index contributed by atoms with van der Waals surface area (Å²) >= 11 is 0. The van der Waals surface area contributed by atoms with Crippen LogP contribution in [0.1, 0.15) is 41.6 Å². The second kappa shape index (κ2) is 10.4. The quantitative estimate of drug-likeness (QED) is 0.729. The lowest BCUT2D eigenvalue weighted by molar-refractivity contribution is -0.134. The van der Waals surface area contributed by atoms with E-state index < -0.39 is 12.1 Å². The number of hydrogen-bond donors (Lipinski definition) is 1. The minimum atomic E-state index is -0.941. The maximum absolute atomic E-state index is 13.0. The van der Waals surface area contributed by atoms with Crippen LogP contribution in [0, 0.1) is 0 Å². The molecule has 1 saturated heterocycles. The molecule has 2 amide bonds. The van der Waals surface area contributed by atoms with Gasteiger partial charge in [0.2, 0.25) is 5.91 Å². The Morgan fingerprint density at radius 1 is 0.897 bits per heavy atom. The SMILES string of the molecule is O=C(NC(CC(=O)c1ccccc1)C(=O)N1CCCCC1)OCc1ccccc1. The molecule has 6 heteroatoms. The Morgan fingerprint density at radius 2 is 1.52 bits per heavy atom. The van der Waals surface area contributed by atoms with Gasteiger partial charge in [-0.2, -0.15) is 0 Å². The first-order chi connectivity index (χ1) is 14.1. The molecule has 1 fully saturated rings. The highest BCUT2D eigenvalue weighted by Crippen LogP contribution is 2.13. The number of Topliss-reactive ketones (excluding diaryl/α,β-unsaturated/α-hetero) is 1. The van der Waals surface area contributed by atoms with E-state index in [0.717, 1.165) is 24.8 Å². The molecule has 0 aromatic heterocycles. The number of rotatable bonds is 7. The van der Waals surface area contributed by atoms with Gasteiger partial charge in [0.1, 0.15) is 12.6 Å². The molecule has 2 aromatic rings. The standard InChI is InChI=1S/C23H26N2O4/c26-21(19-12-6-2-7-13-19)16-20(22(27)25-14-8-3-9-15-25)24-23(28)29-17-18-10-4-1-5-11-18/h1-2,4-7,10-13,20H,3,8-9,14-17H2,(H,24,28). The second-order valence-corrected chi connectivity index (χ2v) is 7.14. The van der Waals surface area contributed by atoms with Gasteiger partial charge in [-0.15, -0.1) is 0 Å². The average Bonchev–Trinajstić information content (AvgIpc) is 2.78. The number of nitrogens with one attached hydrogen (secondary N) is 1. The molecule has 1 aliphatic rings. The third-order valence-electron chi connectivity index (χ3n) is 4.96. The van der Waals surface area contributed by atoms with Gasteiger partial charge in [-0.3, -0.25) is 9.59 Å². The summed E-state index contributed by atoms with van der Waals surface area (Å²) in [7, 11) is 0. The van der Waals surface area contributed by atoms with Gasteiger partial charge < -0.3 is 15.0 Å². The molecule has 0 bridgehead atoms. The molecule has 152 valence electrons. The fourth-order valence-corrected chi connectivity index (χ4v) is 3.37. The van der Waals surface area contributed by atoms with Gasteiger partial charge in [0.15, 0.2) is 5.78 Å². The van der Waals surface area contributed by atoms with Crippen LogP contribution in [-0.4, -0.2) is 41.8 Å². The number of likely N-dealkylation sites (tertiary alicyclic amines) is 1. The number of hydrogen-bond acceptors (Lipinski definition) is 4. The zero-order chi connectivity index (χ0) is 20.5. The van der Waals surface area contributed by atoms with Gasteiger partial charge in [-0.05, 0) is 24.8 Å². The number of amides is 2. The molecule has 1 unspecified atom stereocenters. The van der Waals surface area contributed by atoms with Crippen molar-refractivity contribution in [1.29, 1.82) is 0 Å². The molecule has 6 nitrogen and oxygen atoms in total. The van der Waals surface area contributed by atoms with E-state index in [1.54, 1.807) is 29.2 Å². The van der Waals surface area contributed by atoms with E-state index in [0.29, 0.717) is 18.7 Å². The van der Waals surface area contributed by atoms with E-state index in [-0.39, 0.29) is 24.7 Å². The zero-order valence-corrected chi connectivity index (χ0v) is 16.4. The van der Waals surface area contributed by atoms with Gasteiger partial charge >= 0.3 is 6.09 Å². The number of ketones is 1. The van der Waals surface area contributed by atoms with Crippen LogP contribution < -0.4 is 5.32 Å². The summed E-state index contributed by atoms with van der Waals surface area (Å²) in [6.45, 7) is 1.40. The highest BCUT2D eigenvalue weighted by atomic mass is 16.5. The largest absolute Gasteiger partial charge is 0.445 e. The first kappa shape index (κ1) is 20.6. The first-order valence-electron chi connectivity index (χ1n) is 9.98. The van der Waals surface area contributed by atoms with Crippen LogP contribution in [0.25, 0.3) is 0 Å². The van der Waals surface area contributed by atoms with E-state index in [1.807, 2.05) is 36.4 Å². The van der Waals surface area contributed by atoms with E-state index in [1.165, 1.54) is 0 Å². The van der Waals surface area contributed by atoms with Crippen LogP contribution in [-0.2, 0) is 16.1 Å². The number of carbonyl (C=O) groups excluding carboxylic acids is 3. The van der Waals surface area contributed by atoms with Gasteiger partial charge in [0.05, 0.1) is 0 Å². The van der Waals surface area contributed by atoms with Crippen molar-refractivity contribution in [2.24, 2.45) is 0 Å². The molecule has 29 heavy (non-hydrogen) atoms. The van der Waals surface area contributed by atoms with Crippen molar-refractivity contribution in [3.8, 4) is 0 Å². The summed E-state index contributed by atoms with van der Waals surface area (Å²) < 4.78 is 5.25. The summed E-state index contributed by atoms with van der Waals surface area (Å²) in [5.41, 5.74) is 1.37. The predicted molar refractivity (Wildman–Crippen MR) is 109 cm³/mol. The molecule has 0 aliphatic carbocycles. The third-order valence-corrected chi connectivity index (χ3v) is 4.96. The van der Waals surface area contributed by atoms with Crippen molar-refractivity contribution in [1.82, 2.24) is 10.2 Å². The fraction of sp³-hybridized carbons (Fsp3) is 0.348. The number of alkyl carbamates (subject to hydrolysis) is 1. The lowest BCUT2D eigenvalue weighted by atomic mass is 10.0. The molecule has 1 N–H and O–H groups in total. The molecule has 1 atom stereocenters. The van der Waals surface area contributed by atoms with Crippen LogP contribution in [0.5, 0.6) is 0 Å². The van der Waals surface area contributed by atoms with Crippen molar-refractivity contribution in [3.05, 3.63) is 71.8 Å². The number of benzene rings is 2. The highest BCUT2D eigenvalue weighted by Gasteiger charge is 2.29. The Bertz CT molecular complexity index is 817. The minimum Gasteiger partial charge on any atom is -0.445 e. The van der Waals surface area contributed by atoms with Gasteiger partial charge in [0.25, 0.3) is 0 Å². The smallest absolute Gasteiger partial charge is 0.408 e. The van der Waals surface area contributed by atoms with Crippen LogP contribution in [0.3, 0.4) is 0 Å². The van der Waals surface area contributed by atoms with Gasteiger partial charge in [-0.25, -0.2) is 4.79 Å². The van der Waals surface area contributed by atoms with Crippen molar-refractivity contribution in [3.63, 3.8) is 0 Å². The number of carbonyl (C=O) groups is 3.